The standard InChI is InChI=1S/C25H29ClN4O8/c1-29(2)8-13(31)28-17-12(26)7-10-5-9-6-11-18(30(3)4)21(34)16(24(27)37)23(36)25(11,38)22(35)15(9)19(32)14(10)20(17)33/h7,11,18,22,33-35,38H,5-6,8H2,1-4H3,(H2,27,37)(H,28,31)/t11?,18-,22?,25-/m0/s1. The number of halogens is 1. The van der Waals surface area contributed by atoms with Gasteiger partial charge >= 0.3 is 0 Å². The quantitative estimate of drug-likeness (QED) is 0.206. The third kappa shape index (κ3) is 4.00. The summed E-state index contributed by atoms with van der Waals surface area (Å²) in [6, 6.07) is 0.348. The number of aliphatic hydroxyl groups is 3. The van der Waals surface area contributed by atoms with Gasteiger partial charge in [0.25, 0.3) is 5.91 Å². The second-order valence-electron chi connectivity index (χ2n) is 10.3. The number of amides is 2. The van der Waals surface area contributed by atoms with E-state index in [-0.39, 0.29) is 41.2 Å². The lowest BCUT2D eigenvalue weighted by molar-refractivity contribution is -0.164. The highest BCUT2D eigenvalue weighted by Crippen LogP contribution is 2.51. The van der Waals surface area contributed by atoms with Gasteiger partial charge in [-0.3, -0.25) is 24.1 Å². The van der Waals surface area contributed by atoms with E-state index in [0.29, 0.717) is 11.1 Å². The van der Waals surface area contributed by atoms with Crippen LogP contribution >= 0.6 is 11.6 Å². The number of primary amides is 1. The number of phenolic OH excluding ortho intramolecular Hbond substituents is 1. The molecular weight excluding hydrogens is 520 g/mol. The second kappa shape index (κ2) is 9.47. The predicted molar refractivity (Wildman–Crippen MR) is 136 cm³/mol. The number of hydrogen-bond donors (Lipinski definition) is 6. The topological polar surface area (TPSA) is 194 Å². The Morgan fingerprint density at radius 2 is 1.84 bits per heavy atom. The molecule has 0 heterocycles. The summed E-state index contributed by atoms with van der Waals surface area (Å²) >= 11 is 6.34. The van der Waals surface area contributed by atoms with E-state index in [1.807, 2.05) is 0 Å². The molecule has 0 radical (unpaired) electrons. The maximum Gasteiger partial charge on any atom is 0.255 e. The number of fused-ring (bicyclic) bond motifs is 2. The number of phenols is 1. The number of nitrogens with one attached hydrogen (secondary N) is 1. The van der Waals surface area contributed by atoms with Gasteiger partial charge in [-0.1, -0.05) is 17.2 Å². The van der Waals surface area contributed by atoms with Crippen LogP contribution in [0.25, 0.3) is 0 Å². The maximum absolute atomic E-state index is 13.7. The molecule has 1 aromatic rings. The van der Waals surface area contributed by atoms with Crippen LogP contribution in [0.3, 0.4) is 0 Å². The molecule has 4 atom stereocenters. The molecule has 2 amide bonds. The van der Waals surface area contributed by atoms with Gasteiger partial charge in [0, 0.05) is 11.5 Å². The summed E-state index contributed by atoms with van der Waals surface area (Å²) in [6.45, 7) is -0.0268. The van der Waals surface area contributed by atoms with Crippen LogP contribution in [0.2, 0.25) is 5.02 Å². The predicted octanol–water partition coefficient (Wildman–Crippen LogP) is -0.497. The largest absolute Gasteiger partial charge is 0.510 e. The Morgan fingerprint density at radius 1 is 1.21 bits per heavy atom. The zero-order valence-corrected chi connectivity index (χ0v) is 22.0. The van der Waals surface area contributed by atoms with Crippen molar-refractivity contribution in [1.82, 2.24) is 9.80 Å². The molecule has 2 unspecified atom stereocenters. The number of likely N-dealkylation sites (N-methyl/N-ethyl adjacent to an activating group) is 2. The zero-order valence-electron chi connectivity index (χ0n) is 21.2. The summed E-state index contributed by atoms with van der Waals surface area (Å²) in [4.78, 5) is 54.4. The fourth-order valence-corrected chi connectivity index (χ4v) is 6.04. The normalized spacial score (nSPS) is 26.9. The minimum Gasteiger partial charge on any atom is -0.510 e. The number of ketones is 2. The Labute approximate surface area is 223 Å². The van der Waals surface area contributed by atoms with E-state index in [1.165, 1.54) is 11.0 Å². The number of anilines is 1. The van der Waals surface area contributed by atoms with Gasteiger partial charge in [0.05, 0.1) is 23.2 Å². The summed E-state index contributed by atoms with van der Waals surface area (Å²) in [6.07, 6.45) is -2.17. The maximum atomic E-state index is 13.7. The van der Waals surface area contributed by atoms with Crippen LogP contribution in [0.15, 0.2) is 28.5 Å². The van der Waals surface area contributed by atoms with E-state index in [2.05, 4.69) is 5.32 Å². The molecule has 38 heavy (non-hydrogen) atoms. The van der Waals surface area contributed by atoms with Crippen LogP contribution in [0.4, 0.5) is 5.69 Å². The molecule has 3 aliphatic carbocycles. The van der Waals surface area contributed by atoms with E-state index in [4.69, 9.17) is 17.3 Å². The number of Topliss-reactive ketones (excluding diaryl/α,β-unsaturated/α-hetero) is 2. The highest BCUT2D eigenvalue weighted by atomic mass is 35.5. The van der Waals surface area contributed by atoms with E-state index in [9.17, 15) is 39.6 Å². The highest BCUT2D eigenvalue weighted by molar-refractivity contribution is 6.35. The van der Waals surface area contributed by atoms with Crippen molar-refractivity contribution < 1.29 is 39.6 Å². The first-order valence-electron chi connectivity index (χ1n) is 11.7. The van der Waals surface area contributed by atoms with E-state index < -0.39 is 64.1 Å². The summed E-state index contributed by atoms with van der Waals surface area (Å²) in [5, 5.41) is 47.2. The van der Waals surface area contributed by atoms with Gasteiger partial charge in [-0.2, -0.15) is 0 Å². The summed E-state index contributed by atoms with van der Waals surface area (Å²) in [5.41, 5.74) is 1.76. The third-order valence-electron chi connectivity index (χ3n) is 7.35. The lowest BCUT2D eigenvalue weighted by Gasteiger charge is -2.51. The average molecular weight is 549 g/mol. The minimum absolute atomic E-state index is 0.0104. The number of benzene rings is 1. The monoisotopic (exact) mass is 548 g/mol. The molecule has 0 aromatic heterocycles. The first kappa shape index (κ1) is 27.7. The van der Waals surface area contributed by atoms with Gasteiger partial charge in [0.1, 0.15) is 23.1 Å². The number of nitrogens with zero attached hydrogens (tertiary/aromatic N) is 2. The van der Waals surface area contributed by atoms with E-state index in [0.717, 1.165) is 0 Å². The molecule has 3 aliphatic rings. The third-order valence-corrected chi connectivity index (χ3v) is 7.65. The van der Waals surface area contributed by atoms with Crippen molar-refractivity contribution in [3.05, 3.63) is 44.7 Å². The molecule has 1 aromatic carbocycles. The zero-order chi connectivity index (χ0) is 28.4. The molecule has 4 rings (SSSR count). The summed E-state index contributed by atoms with van der Waals surface area (Å²) in [5.74, 6) is -6.33. The highest BCUT2D eigenvalue weighted by Gasteiger charge is 2.63. The van der Waals surface area contributed by atoms with Crippen molar-refractivity contribution in [2.45, 2.75) is 30.6 Å². The molecule has 204 valence electrons. The number of aromatic hydroxyl groups is 1. The van der Waals surface area contributed by atoms with Crippen molar-refractivity contribution in [3.8, 4) is 5.75 Å². The molecule has 7 N–H and O–H groups in total. The lowest BCUT2D eigenvalue weighted by atomic mass is 9.58. The number of allylic oxidation sites excluding steroid dienone is 1. The Hall–Kier alpha value is -3.29. The van der Waals surface area contributed by atoms with E-state index in [1.54, 1.807) is 33.1 Å². The Morgan fingerprint density at radius 3 is 2.39 bits per heavy atom. The van der Waals surface area contributed by atoms with Crippen LogP contribution in [0.5, 0.6) is 5.75 Å². The van der Waals surface area contributed by atoms with Crippen LogP contribution in [-0.2, 0) is 20.8 Å². The fraction of sp³-hybridized carbons (Fsp3) is 0.440. The first-order valence-corrected chi connectivity index (χ1v) is 12.1. The van der Waals surface area contributed by atoms with Crippen molar-refractivity contribution in [3.63, 3.8) is 0 Å². The number of rotatable bonds is 5. The Bertz CT molecular complexity index is 1350. The molecule has 0 aliphatic heterocycles. The smallest absolute Gasteiger partial charge is 0.255 e. The van der Waals surface area contributed by atoms with Crippen molar-refractivity contribution in [1.29, 1.82) is 0 Å². The van der Waals surface area contributed by atoms with Crippen molar-refractivity contribution >= 4 is 40.7 Å². The van der Waals surface area contributed by atoms with Crippen molar-refractivity contribution in [2.75, 3.05) is 40.1 Å². The number of aliphatic hydroxyl groups excluding tert-OH is 2. The van der Waals surface area contributed by atoms with Gasteiger partial charge in [0.2, 0.25) is 11.7 Å². The average Bonchev–Trinajstić information content (AvgIpc) is 2.78. The minimum atomic E-state index is -2.66. The Balaban J connectivity index is 1.83. The number of nitrogens with two attached hydrogens (primary N) is 1. The molecule has 13 heteroatoms. The van der Waals surface area contributed by atoms with Gasteiger partial charge in [-0.15, -0.1) is 0 Å². The summed E-state index contributed by atoms with van der Waals surface area (Å²) < 4.78 is 0. The van der Waals surface area contributed by atoms with Crippen LogP contribution in [0, 0.1) is 5.92 Å². The van der Waals surface area contributed by atoms with Crippen LogP contribution < -0.4 is 11.1 Å². The number of carbonyl (C=O) groups excluding carboxylic acids is 4. The number of carbonyl (C=O) groups is 4. The summed E-state index contributed by atoms with van der Waals surface area (Å²) in [7, 11) is 6.44. The molecule has 12 nitrogen and oxygen atoms in total. The molecular formula is C25H29ClN4O8. The first-order chi connectivity index (χ1) is 17.6. The van der Waals surface area contributed by atoms with Crippen molar-refractivity contribution in [2.24, 2.45) is 11.7 Å². The molecule has 0 bridgehead atoms. The van der Waals surface area contributed by atoms with Gasteiger partial charge in [-0.05, 0) is 52.7 Å². The van der Waals surface area contributed by atoms with Gasteiger partial charge in [0.15, 0.2) is 17.1 Å². The second-order valence-corrected chi connectivity index (χ2v) is 10.7. The lowest BCUT2D eigenvalue weighted by Crippen LogP contribution is -2.67. The molecule has 0 saturated heterocycles. The molecule has 0 spiro atoms. The van der Waals surface area contributed by atoms with E-state index >= 15 is 0 Å². The Kier molecular flexibility index (Phi) is 6.91. The van der Waals surface area contributed by atoms with Gasteiger partial charge < -0.3 is 36.4 Å². The van der Waals surface area contributed by atoms with Gasteiger partial charge in [-0.25, -0.2) is 0 Å². The molecule has 0 fully saturated rings. The SMILES string of the molecule is CN(C)CC(=O)Nc1c(Cl)cc2c(c1O)C(=O)C1=C(C2)CC2[C@H](N(C)C)C(O)=C(C(N)=O)C(=O)[C@@]2(O)C1O. The fourth-order valence-electron chi connectivity index (χ4n) is 5.77. The number of hydrogen-bond acceptors (Lipinski definition) is 10. The molecule has 0 saturated carbocycles. The van der Waals surface area contributed by atoms with Crippen LogP contribution in [-0.4, -0.2) is 106 Å². The van der Waals surface area contributed by atoms with Crippen LogP contribution in [0.1, 0.15) is 22.3 Å².